The summed E-state index contributed by atoms with van der Waals surface area (Å²) in [6, 6.07) is -0.510. The molecule has 6 heteroatoms. The number of hydrogen-bond acceptors (Lipinski definition) is 3. The van der Waals surface area contributed by atoms with Crippen LogP contribution < -0.4 is 17.2 Å². The van der Waals surface area contributed by atoms with Crippen LogP contribution in [-0.4, -0.2) is 24.8 Å². The summed E-state index contributed by atoms with van der Waals surface area (Å²) < 4.78 is 0. The van der Waals surface area contributed by atoms with Crippen molar-refractivity contribution >= 4 is 12.2 Å². The smallest absolute Gasteiger partial charge is 0.185 e. The van der Waals surface area contributed by atoms with E-state index in [9.17, 15) is 4.79 Å². The summed E-state index contributed by atoms with van der Waals surface area (Å²) in [5.74, 6) is 0.0636. The third kappa shape index (κ3) is 9.52. The van der Waals surface area contributed by atoms with Gasteiger partial charge in [0, 0.05) is 26.0 Å². The Morgan fingerprint density at radius 2 is 2.08 bits per heavy atom. The van der Waals surface area contributed by atoms with Gasteiger partial charge in [-0.1, -0.05) is 12.5 Å². The fourth-order valence-corrected chi connectivity index (χ4v) is 0.578. The second-order valence-corrected chi connectivity index (χ2v) is 2.17. The van der Waals surface area contributed by atoms with Crippen LogP contribution in [0.3, 0.4) is 0 Å². The first-order valence-corrected chi connectivity index (χ1v) is 3.35. The molecule has 6 N–H and O–H groups in total. The molecule has 0 aromatic carbocycles. The van der Waals surface area contributed by atoms with Crippen molar-refractivity contribution in [2.24, 2.45) is 22.2 Å². The van der Waals surface area contributed by atoms with Gasteiger partial charge in [-0.25, -0.2) is 6.29 Å². The first-order chi connectivity index (χ1) is 5.16. The van der Waals surface area contributed by atoms with Crippen LogP contribution in [0.1, 0.15) is 12.8 Å². The Hall–Kier alpha value is -0.477. The Balaban J connectivity index is 0. The molecule has 66 valence electrons. The zero-order chi connectivity index (χ0) is 8.69. The molecule has 0 aliphatic heterocycles. The van der Waals surface area contributed by atoms with Gasteiger partial charge in [0.05, 0.1) is 0 Å². The zero-order valence-corrected chi connectivity index (χ0v) is 9.96. The van der Waals surface area contributed by atoms with Gasteiger partial charge in [-0.2, -0.15) is 0 Å². The molecule has 0 unspecified atom stereocenters. The average Bonchev–Trinajstić information content (AvgIpc) is 1.97. The average molecular weight is 223 g/mol. The van der Waals surface area contributed by atoms with Crippen LogP contribution in [-0.2, 0) is 24.3 Å². The quantitative estimate of drug-likeness (QED) is 0.173. The van der Waals surface area contributed by atoms with Crippen molar-refractivity contribution in [2.45, 2.75) is 18.9 Å². The van der Waals surface area contributed by atoms with Crippen LogP contribution in [0.25, 0.3) is 0 Å². The van der Waals surface area contributed by atoms with Gasteiger partial charge in [-0.05, 0) is 6.42 Å². The van der Waals surface area contributed by atoms with Gasteiger partial charge in [0.2, 0.25) is 0 Å². The summed E-state index contributed by atoms with van der Waals surface area (Å²) in [6.07, 6.45) is 2.94. The van der Waals surface area contributed by atoms with E-state index in [1.807, 2.05) is 0 Å². The maximum atomic E-state index is 9.90. The Labute approximate surface area is 84.5 Å². The molecule has 12 heavy (non-hydrogen) atoms. The second-order valence-electron chi connectivity index (χ2n) is 2.17. The Kier molecular flexibility index (Phi) is 10.1. The van der Waals surface area contributed by atoms with E-state index in [4.69, 9.17) is 17.2 Å². The van der Waals surface area contributed by atoms with Gasteiger partial charge in [-0.3, -0.25) is 4.99 Å². The maximum Gasteiger partial charge on any atom is 0.185 e. The summed E-state index contributed by atoms with van der Waals surface area (Å²) in [7, 11) is 0. The molecule has 0 aromatic rings. The Morgan fingerprint density at radius 3 is 2.50 bits per heavy atom. The normalized spacial score (nSPS) is 11.1. The van der Waals surface area contributed by atoms with Crippen LogP contribution in [0.2, 0.25) is 0 Å². The van der Waals surface area contributed by atoms with E-state index < -0.39 is 6.04 Å². The topological polar surface area (TPSA) is 107 Å². The van der Waals surface area contributed by atoms with Crippen molar-refractivity contribution < 1.29 is 24.3 Å². The van der Waals surface area contributed by atoms with Gasteiger partial charge in [0.25, 0.3) is 0 Å². The van der Waals surface area contributed by atoms with Gasteiger partial charge >= 0.3 is 0 Å². The van der Waals surface area contributed by atoms with Crippen LogP contribution in [0, 0.1) is 0 Å². The predicted molar refractivity (Wildman–Crippen MR) is 43.6 cm³/mol. The number of guanidine groups is 1. The maximum absolute atomic E-state index is 9.90. The molecule has 0 spiro atoms. The van der Waals surface area contributed by atoms with Crippen molar-refractivity contribution in [3.63, 3.8) is 0 Å². The number of aliphatic imine (C=N–C) groups is 1. The molecule has 0 radical (unpaired) electrons. The van der Waals surface area contributed by atoms with Gasteiger partial charge in [-0.15, -0.1) is 0 Å². The van der Waals surface area contributed by atoms with Gasteiger partial charge < -0.3 is 22.0 Å². The summed E-state index contributed by atoms with van der Waals surface area (Å²) in [6.45, 7) is 0.512. The third-order valence-corrected chi connectivity index (χ3v) is 1.12. The zero-order valence-electron chi connectivity index (χ0n) is 6.99. The van der Waals surface area contributed by atoms with Crippen molar-refractivity contribution in [2.75, 3.05) is 6.54 Å². The third-order valence-electron chi connectivity index (χ3n) is 1.12. The summed E-state index contributed by atoms with van der Waals surface area (Å²) >= 11 is 0. The minimum atomic E-state index is -0.510. The first kappa shape index (κ1) is 14.1. The first-order valence-electron chi connectivity index (χ1n) is 3.35. The number of carbonyl (C=O) groups excluding carboxylic acids is 1. The molecule has 0 aliphatic carbocycles. The summed E-state index contributed by atoms with van der Waals surface area (Å²) in [5, 5.41) is 0. The number of nitrogens with two attached hydrogens (primary N) is 3. The Bertz CT molecular complexity index is 146. The van der Waals surface area contributed by atoms with E-state index in [2.05, 4.69) is 4.99 Å². The molecule has 0 bridgehead atoms. The van der Waals surface area contributed by atoms with Crippen molar-refractivity contribution in [3.05, 3.63) is 0 Å². The SMILES string of the molecule is NC(N)=NCCC[C@H](N)[C-]=O.[Zn]. The number of nitrogens with zero attached hydrogens (tertiary/aromatic N) is 1. The molecule has 0 fully saturated rings. The molecule has 0 saturated heterocycles. The number of rotatable bonds is 5. The van der Waals surface area contributed by atoms with E-state index in [-0.39, 0.29) is 25.4 Å². The molecule has 0 rings (SSSR count). The van der Waals surface area contributed by atoms with Gasteiger partial charge in [0.1, 0.15) is 0 Å². The molecule has 0 heterocycles. The van der Waals surface area contributed by atoms with E-state index >= 15 is 0 Å². The fraction of sp³-hybridized carbons (Fsp3) is 0.667. The minimum Gasteiger partial charge on any atom is -0.540 e. The monoisotopic (exact) mass is 221 g/mol. The second kappa shape index (κ2) is 8.62. The van der Waals surface area contributed by atoms with Crippen molar-refractivity contribution in [3.8, 4) is 0 Å². The molecule has 1 atom stereocenters. The molecular formula is C6H13N4OZn-. The minimum absolute atomic E-state index is 0. The van der Waals surface area contributed by atoms with Crippen LogP contribution in [0.15, 0.2) is 4.99 Å². The van der Waals surface area contributed by atoms with E-state index in [0.717, 1.165) is 0 Å². The fourth-order valence-electron chi connectivity index (χ4n) is 0.578. The molecule has 5 nitrogen and oxygen atoms in total. The number of hydrogen-bond donors (Lipinski definition) is 3. The van der Waals surface area contributed by atoms with E-state index in [1.54, 1.807) is 6.29 Å². The van der Waals surface area contributed by atoms with Crippen molar-refractivity contribution in [1.29, 1.82) is 0 Å². The summed E-state index contributed by atoms with van der Waals surface area (Å²) in [5.41, 5.74) is 15.4. The Morgan fingerprint density at radius 1 is 1.50 bits per heavy atom. The van der Waals surface area contributed by atoms with Crippen LogP contribution >= 0.6 is 0 Å². The molecule has 0 aliphatic rings. The van der Waals surface area contributed by atoms with E-state index in [1.165, 1.54) is 0 Å². The molecule has 0 saturated carbocycles. The van der Waals surface area contributed by atoms with Crippen LogP contribution in [0.5, 0.6) is 0 Å². The van der Waals surface area contributed by atoms with E-state index in [0.29, 0.717) is 19.4 Å². The molecular weight excluding hydrogens is 209 g/mol. The predicted octanol–water partition coefficient (Wildman–Crippen LogP) is -1.53. The van der Waals surface area contributed by atoms with Crippen LogP contribution in [0.4, 0.5) is 0 Å². The van der Waals surface area contributed by atoms with Gasteiger partial charge in [0.15, 0.2) is 5.96 Å². The standard InChI is InChI=1S/C6H13N4O.Zn/c7-5(4-11)2-1-3-10-6(8)9;/h5H,1-3,7H2,(H4,8,9,10);/q-1;/t5-;/m0./s1. The molecule has 0 amide bonds. The van der Waals surface area contributed by atoms with Crippen molar-refractivity contribution in [1.82, 2.24) is 0 Å². The largest absolute Gasteiger partial charge is 0.540 e. The molecule has 0 aromatic heterocycles. The summed E-state index contributed by atoms with van der Waals surface area (Å²) in [4.78, 5) is 13.6.